The molecule has 0 saturated carbocycles. The van der Waals surface area contributed by atoms with Gasteiger partial charge in [-0.15, -0.1) is 0 Å². The van der Waals surface area contributed by atoms with Crippen LogP contribution >= 0.6 is 23.2 Å². The van der Waals surface area contributed by atoms with Crippen LogP contribution in [0.4, 0.5) is 8.78 Å². The van der Waals surface area contributed by atoms with Crippen LogP contribution in [0.25, 0.3) is 0 Å². The summed E-state index contributed by atoms with van der Waals surface area (Å²) in [6, 6.07) is 4.46. The van der Waals surface area contributed by atoms with E-state index < -0.39 is 19.0 Å². The molecule has 0 aliphatic carbocycles. The van der Waals surface area contributed by atoms with Crippen LogP contribution < -0.4 is 11.1 Å². The van der Waals surface area contributed by atoms with E-state index in [0.717, 1.165) is 0 Å². The summed E-state index contributed by atoms with van der Waals surface area (Å²) in [7, 11) is 0. The van der Waals surface area contributed by atoms with Crippen LogP contribution in [0, 0.1) is 0 Å². The first kappa shape index (κ1) is 13.6. The fourth-order valence-corrected chi connectivity index (χ4v) is 1.76. The number of hydrogen-bond donors (Lipinski definition) is 2. The van der Waals surface area contributed by atoms with Gasteiger partial charge in [-0.3, -0.25) is 0 Å². The summed E-state index contributed by atoms with van der Waals surface area (Å²) in [6.45, 7) is -0.252. The van der Waals surface area contributed by atoms with Crippen molar-refractivity contribution in [2.24, 2.45) is 5.73 Å². The van der Waals surface area contributed by atoms with Gasteiger partial charge in [-0.2, -0.15) is 0 Å². The number of nitrogens with two attached hydrogens (primary N) is 1. The molecular weight excluding hydrogens is 257 g/mol. The molecule has 0 heterocycles. The second kappa shape index (κ2) is 6.35. The molecule has 0 spiro atoms. The molecule has 6 heteroatoms. The van der Waals surface area contributed by atoms with Crippen molar-refractivity contribution >= 4 is 23.2 Å². The highest BCUT2D eigenvalue weighted by atomic mass is 35.5. The molecule has 0 aliphatic heterocycles. The van der Waals surface area contributed by atoms with Gasteiger partial charge >= 0.3 is 0 Å². The van der Waals surface area contributed by atoms with Crippen molar-refractivity contribution in [3.05, 3.63) is 33.8 Å². The zero-order valence-electron chi connectivity index (χ0n) is 8.39. The lowest BCUT2D eigenvalue weighted by Gasteiger charge is -2.18. The van der Waals surface area contributed by atoms with Gasteiger partial charge < -0.3 is 11.1 Å². The first-order valence-electron chi connectivity index (χ1n) is 4.71. The molecule has 0 saturated heterocycles. The molecule has 0 bridgehead atoms. The highest BCUT2D eigenvalue weighted by Gasteiger charge is 2.15. The van der Waals surface area contributed by atoms with Gasteiger partial charge in [0.15, 0.2) is 0 Å². The van der Waals surface area contributed by atoms with Crippen molar-refractivity contribution in [2.75, 3.05) is 13.1 Å². The number of alkyl halides is 2. The zero-order chi connectivity index (χ0) is 12.1. The summed E-state index contributed by atoms with van der Waals surface area (Å²) >= 11 is 11.7. The molecule has 90 valence electrons. The molecule has 0 fully saturated rings. The van der Waals surface area contributed by atoms with Crippen LogP contribution in [0.1, 0.15) is 11.6 Å². The van der Waals surface area contributed by atoms with Gasteiger partial charge in [-0.25, -0.2) is 8.78 Å². The highest BCUT2D eigenvalue weighted by molar-refractivity contribution is 6.33. The lowest BCUT2D eigenvalue weighted by molar-refractivity contribution is 0.141. The molecule has 0 amide bonds. The molecule has 3 N–H and O–H groups in total. The van der Waals surface area contributed by atoms with Gasteiger partial charge in [0.2, 0.25) is 0 Å². The molecule has 1 aromatic rings. The van der Waals surface area contributed by atoms with Crippen LogP contribution in [0.15, 0.2) is 18.2 Å². The van der Waals surface area contributed by atoms with E-state index in [1.54, 1.807) is 18.2 Å². The zero-order valence-corrected chi connectivity index (χ0v) is 9.90. The Morgan fingerprint density at radius 3 is 2.56 bits per heavy atom. The van der Waals surface area contributed by atoms with E-state index in [-0.39, 0.29) is 6.54 Å². The van der Waals surface area contributed by atoms with Crippen LogP contribution in [0.5, 0.6) is 0 Å². The molecule has 0 aromatic heterocycles. The Hall–Kier alpha value is -0.420. The van der Waals surface area contributed by atoms with Crippen molar-refractivity contribution < 1.29 is 8.78 Å². The summed E-state index contributed by atoms with van der Waals surface area (Å²) < 4.78 is 24.1. The van der Waals surface area contributed by atoms with Gasteiger partial charge in [0.05, 0.1) is 6.54 Å². The second-order valence-electron chi connectivity index (χ2n) is 3.25. The fraction of sp³-hybridized carbons (Fsp3) is 0.400. The third-order valence-electron chi connectivity index (χ3n) is 2.09. The fourth-order valence-electron chi connectivity index (χ4n) is 1.33. The smallest absolute Gasteiger partial charge is 0.250 e. The molecule has 1 aromatic carbocycles. The maximum absolute atomic E-state index is 12.1. The first-order valence-corrected chi connectivity index (χ1v) is 5.46. The Balaban J connectivity index is 2.81. The van der Waals surface area contributed by atoms with Crippen molar-refractivity contribution in [2.45, 2.75) is 12.5 Å². The Morgan fingerprint density at radius 2 is 2.00 bits per heavy atom. The molecule has 16 heavy (non-hydrogen) atoms. The predicted molar refractivity (Wildman–Crippen MR) is 62.3 cm³/mol. The van der Waals surface area contributed by atoms with Crippen LogP contribution in [0.2, 0.25) is 10.0 Å². The average Bonchev–Trinajstić information content (AvgIpc) is 2.23. The van der Waals surface area contributed by atoms with E-state index in [1.807, 2.05) is 0 Å². The van der Waals surface area contributed by atoms with Crippen LogP contribution in [0.3, 0.4) is 0 Å². The minimum atomic E-state index is -2.42. The maximum Gasteiger partial charge on any atom is 0.250 e. The SMILES string of the molecule is NCC(NCC(F)F)c1cc(Cl)ccc1Cl. The van der Waals surface area contributed by atoms with E-state index in [4.69, 9.17) is 28.9 Å². The van der Waals surface area contributed by atoms with Crippen molar-refractivity contribution in [3.8, 4) is 0 Å². The van der Waals surface area contributed by atoms with E-state index in [2.05, 4.69) is 5.32 Å². The quantitative estimate of drug-likeness (QED) is 0.862. The summed E-state index contributed by atoms with van der Waals surface area (Å²) in [5.74, 6) is 0. The molecule has 1 atom stereocenters. The predicted octanol–water partition coefficient (Wildman–Crippen LogP) is 2.85. The van der Waals surface area contributed by atoms with Gasteiger partial charge in [0.1, 0.15) is 0 Å². The molecule has 1 rings (SSSR count). The molecular formula is C10H12Cl2F2N2. The van der Waals surface area contributed by atoms with Gasteiger partial charge in [-0.1, -0.05) is 23.2 Å². The minimum absolute atomic E-state index is 0.173. The summed E-state index contributed by atoms with van der Waals surface area (Å²) in [6.07, 6.45) is -2.42. The maximum atomic E-state index is 12.1. The largest absolute Gasteiger partial charge is 0.329 e. The van der Waals surface area contributed by atoms with E-state index in [0.29, 0.717) is 15.6 Å². The summed E-state index contributed by atoms with van der Waals surface area (Å²) in [5.41, 5.74) is 6.14. The van der Waals surface area contributed by atoms with Gasteiger partial charge in [0.25, 0.3) is 6.43 Å². The third kappa shape index (κ3) is 3.87. The van der Waals surface area contributed by atoms with Crippen LogP contribution in [-0.4, -0.2) is 19.5 Å². The van der Waals surface area contributed by atoms with Crippen molar-refractivity contribution in [3.63, 3.8) is 0 Å². The minimum Gasteiger partial charge on any atom is -0.329 e. The van der Waals surface area contributed by atoms with Gasteiger partial charge in [0, 0.05) is 22.6 Å². The van der Waals surface area contributed by atoms with Crippen molar-refractivity contribution in [1.29, 1.82) is 0 Å². The molecule has 2 nitrogen and oxygen atoms in total. The average molecular weight is 269 g/mol. The second-order valence-corrected chi connectivity index (χ2v) is 4.10. The topological polar surface area (TPSA) is 38.0 Å². The first-order chi connectivity index (χ1) is 7.54. The number of nitrogens with one attached hydrogen (secondary N) is 1. The Bertz CT molecular complexity index is 348. The molecule has 1 unspecified atom stereocenters. The number of halogens is 4. The third-order valence-corrected chi connectivity index (χ3v) is 2.67. The molecule has 0 aliphatic rings. The Morgan fingerprint density at radius 1 is 1.31 bits per heavy atom. The lowest BCUT2D eigenvalue weighted by Crippen LogP contribution is -2.32. The standard InChI is InChI=1S/C10H12Cl2F2N2/c11-6-1-2-8(12)7(3-6)9(4-15)16-5-10(13)14/h1-3,9-10,16H,4-5,15H2. The summed E-state index contributed by atoms with van der Waals surface area (Å²) in [4.78, 5) is 0. The Labute approximate surface area is 103 Å². The normalized spacial score (nSPS) is 13.1. The van der Waals surface area contributed by atoms with Crippen molar-refractivity contribution in [1.82, 2.24) is 5.32 Å². The monoisotopic (exact) mass is 268 g/mol. The number of benzene rings is 1. The van der Waals surface area contributed by atoms with E-state index in [1.165, 1.54) is 0 Å². The van der Waals surface area contributed by atoms with Gasteiger partial charge in [-0.05, 0) is 23.8 Å². The summed E-state index contributed by atoms with van der Waals surface area (Å²) in [5, 5.41) is 3.59. The number of rotatable bonds is 5. The lowest BCUT2D eigenvalue weighted by atomic mass is 10.1. The molecule has 0 radical (unpaired) electrons. The number of hydrogen-bond acceptors (Lipinski definition) is 2. The van der Waals surface area contributed by atoms with Crippen LogP contribution in [-0.2, 0) is 0 Å². The Kier molecular flexibility index (Phi) is 5.41. The van der Waals surface area contributed by atoms with E-state index >= 15 is 0 Å². The van der Waals surface area contributed by atoms with E-state index in [9.17, 15) is 8.78 Å². The highest BCUT2D eigenvalue weighted by Crippen LogP contribution is 2.25.